The number of carbonyl (C=O) groups is 1. The fraction of sp³-hybridized carbons (Fsp3) is 0.214. The Kier molecular flexibility index (Phi) is 2.20. The van der Waals surface area contributed by atoms with Crippen LogP contribution in [0.4, 0.5) is 5.82 Å². The van der Waals surface area contributed by atoms with Crippen LogP contribution in [-0.2, 0) is 10.2 Å². The van der Waals surface area contributed by atoms with Gasteiger partial charge in [-0.2, -0.15) is 0 Å². The van der Waals surface area contributed by atoms with Gasteiger partial charge < -0.3 is 15.8 Å². The fourth-order valence-corrected chi connectivity index (χ4v) is 2.31. The monoisotopic (exact) mass is 242 g/mol. The number of H-pyrrole nitrogens is 1. The van der Waals surface area contributed by atoms with Crippen molar-refractivity contribution in [3.05, 3.63) is 42.1 Å². The maximum absolute atomic E-state index is 11.2. The first-order valence-electron chi connectivity index (χ1n) is 5.90. The van der Waals surface area contributed by atoms with Crippen LogP contribution >= 0.6 is 0 Å². The quantitative estimate of drug-likeness (QED) is 0.773. The summed E-state index contributed by atoms with van der Waals surface area (Å²) in [6.45, 7) is 0. The molecule has 2 aromatic rings. The van der Waals surface area contributed by atoms with Gasteiger partial charge in [-0.15, -0.1) is 0 Å². The third-order valence-corrected chi connectivity index (χ3v) is 3.64. The van der Waals surface area contributed by atoms with E-state index in [2.05, 4.69) is 4.98 Å². The van der Waals surface area contributed by atoms with E-state index >= 15 is 0 Å². The van der Waals surface area contributed by atoms with Crippen molar-refractivity contribution in [1.29, 1.82) is 0 Å². The lowest BCUT2D eigenvalue weighted by molar-refractivity contribution is -0.140. The van der Waals surface area contributed by atoms with Crippen molar-refractivity contribution in [1.82, 2.24) is 4.98 Å². The number of hydrogen-bond acceptors (Lipinski definition) is 2. The molecule has 4 heteroatoms. The zero-order chi connectivity index (χ0) is 12.8. The van der Waals surface area contributed by atoms with Crippen LogP contribution in [0.3, 0.4) is 0 Å². The Hall–Kier alpha value is -2.23. The highest BCUT2D eigenvalue weighted by Crippen LogP contribution is 2.48. The van der Waals surface area contributed by atoms with E-state index in [1.807, 2.05) is 36.5 Å². The average molecular weight is 242 g/mol. The van der Waals surface area contributed by atoms with E-state index in [-0.39, 0.29) is 0 Å². The first-order valence-corrected chi connectivity index (χ1v) is 5.90. The maximum Gasteiger partial charge on any atom is 0.314 e. The summed E-state index contributed by atoms with van der Waals surface area (Å²) in [5.74, 6) is -0.0978. The number of benzene rings is 1. The summed E-state index contributed by atoms with van der Waals surface area (Å²) in [6.07, 6.45) is 3.31. The number of nitrogens with one attached hydrogen (secondary N) is 1. The van der Waals surface area contributed by atoms with E-state index in [0.717, 1.165) is 29.5 Å². The van der Waals surface area contributed by atoms with Crippen molar-refractivity contribution >= 4 is 11.8 Å². The first kappa shape index (κ1) is 10.9. The molecule has 1 aromatic heterocycles. The summed E-state index contributed by atoms with van der Waals surface area (Å²) in [6, 6.07) is 9.56. The summed E-state index contributed by atoms with van der Waals surface area (Å²) in [4.78, 5) is 14.1. The van der Waals surface area contributed by atoms with Crippen LogP contribution in [0.2, 0.25) is 0 Å². The zero-order valence-corrected chi connectivity index (χ0v) is 9.81. The lowest BCUT2D eigenvalue weighted by Gasteiger charge is -2.10. The predicted octanol–water partition coefficient (Wildman–Crippen LogP) is 2.38. The van der Waals surface area contributed by atoms with Crippen LogP contribution in [-0.4, -0.2) is 16.1 Å². The molecule has 18 heavy (non-hydrogen) atoms. The fourth-order valence-electron chi connectivity index (χ4n) is 2.31. The van der Waals surface area contributed by atoms with Crippen molar-refractivity contribution in [3.63, 3.8) is 0 Å². The molecule has 0 saturated heterocycles. The predicted molar refractivity (Wildman–Crippen MR) is 69.2 cm³/mol. The summed E-state index contributed by atoms with van der Waals surface area (Å²) in [7, 11) is 0. The molecule has 0 radical (unpaired) electrons. The molecule has 4 nitrogen and oxygen atoms in total. The van der Waals surface area contributed by atoms with E-state index in [1.165, 1.54) is 0 Å². The van der Waals surface area contributed by atoms with E-state index in [0.29, 0.717) is 5.82 Å². The molecule has 1 aliphatic carbocycles. The number of rotatable bonds is 3. The lowest BCUT2D eigenvalue weighted by atomic mass is 9.94. The van der Waals surface area contributed by atoms with E-state index < -0.39 is 11.4 Å². The van der Waals surface area contributed by atoms with Crippen LogP contribution in [0.15, 0.2) is 36.5 Å². The molecule has 0 spiro atoms. The van der Waals surface area contributed by atoms with Gasteiger partial charge in [0.05, 0.1) is 5.41 Å². The van der Waals surface area contributed by atoms with Crippen LogP contribution in [0, 0.1) is 0 Å². The Balaban J connectivity index is 1.92. The van der Waals surface area contributed by atoms with Gasteiger partial charge in [-0.3, -0.25) is 4.79 Å². The Bertz CT molecular complexity index is 595. The highest BCUT2D eigenvalue weighted by atomic mass is 16.4. The number of carboxylic acid groups (broad SMARTS) is 1. The van der Waals surface area contributed by atoms with Gasteiger partial charge in [-0.05, 0) is 30.0 Å². The third-order valence-electron chi connectivity index (χ3n) is 3.64. The molecule has 3 rings (SSSR count). The summed E-state index contributed by atoms with van der Waals surface area (Å²) < 4.78 is 0. The highest BCUT2D eigenvalue weighted by Gasteiger charge is 2.51. The number of aromatic amines is 1. The van der Waals surface area contributed by atoms with Crippen LogP contribution in [0.25, 0.3) is 11.1 Å². The zero-order valence-electron chi connectivity index (χ0n) is 9.81. The molecule has 1 aromatic carbocycles. The SMILES string of the molecule is Nc1cc(-c2ccc(C3(C(=O)O)CC3)cc2)c[nH]1. The number of carboxylic acids is 1. The molecule has 1 heterocycles. The first-order chi connectivity index (χ1) is 8.62. The number of aromatic nitrogens is 1. The van der Waals surface area contributed by atoms with Gasteiger partial charge >= 0.3 is 5.97 Å². The molecule has 92 valence electrons. The molecule has 1 saturated carbocycles. The van der Waals surface area contributed by atoms with Crippen molar-refractivity contribution in [2.45, 2.75) is 18.3 Å². The van der Waals surface area contributed by atoms with Crippen molar-refractivity contribution in [2.24, 2.45) is 0 Å². The summed E-state index contributed by atoms with van der Waals surface area (Å²) in [5.41, 5.74) is 7.94. The van der Waals surface area contributed by atoms with E-state index in [1.54, 1.807) is 0 Å². The highest BCUT2D eigenvalue weighted by molar-refractivity contribution is 5.85. The number of anilines is 1. The standard InChI is InChI=1S/C14H14N2O2/c15-12-7-10(8-16-12)9-1-3-11(4-2-9)14(5-6-14)13(17)18/h1-4,7-8,16H,5-6,15H2,(H,17,18). The number of nitrogen functional groups attached to an aromatic ring is 1. The maximum atomic E-state index is 11.2. The summed E-state index contributed by atoms with van der Waals surface area (Å²) >= 11 is 0. The Morgan fingerprint density at radius 2 is 1.89 bits per heavy atom. The average Bonchev–Trinajstić information content (AvgIpc) is 3.07. The molecule has 0 unspecified atom stereocenters. The normalized spacial score (nSPS) is 16.4. The minimum atomic E-state index is -0.721. The largest absolute Gasteiger partial charge is 0.481 e. The van der Waals surface area contributed by atoms with Crippen molar-refractivity contribution in [3.8, 4) is 11.1 Å². The van der Waals surface area contributed by atoms with Crippen LogP contribution in [0.5, 0.6) is 0 Å². The smallest absolute Gasteiger partial charge is 0.314 e. The minimum Gasteiger partial charge on any atom is -0.481 e. The van der Waals surface area contributed by atoms with Gasteiger partial charge in [0, 0.05) is 11.8 Å². The molecule has 0 aliphatic heterocycles. The van der Waals surface area contributed by atoms with Gasteiger partial charge in [-0.25, -0.2) is 0 Å². The molecule has 0 bridgehead atoms. The number of nitrogens with two attached hydrogens (primary N) is 1. The molecular weight excluding hydrogens is 228 g/mol. The van der Waals surface area contributed by atoms with Crippen LogP contribution < -0.4 is 5.73 Å². The molecule has 4 N–H and O–H groups in total. The van der Waals surface area contributed by atoms with E-state index in [4.69, 9.17) is 5.73 Å². The lowest BCUT2D eigenvalue weighted by Crippen LogP contribution is -2.19. The number of aliphatic carboxylic acids is 1. The molecular formula is C14H14N2O2. The summed E-state index contributed by atoms with van der Waals surface area (Å²) in [5, 5.41) is 9.23. The Morgan fingerprint density at radius 1 is 1.22 bits per heavy atom. The van der Waals surface area contributed by atoms with Gasteiger partial charge in [-0.1, -0.05) is 24.3 Å². The van der Waals surface area contributed by atoms with Gasteiger partial charge in [0.15, 0.2) is 0 Å². The molecule has 1 aliphatic rings. The second-order valence-corrected chi connectivity index (χ2v) is 4.81. The minimum absolute atomic E-state index is 0.623. The second-order valence-electron chi connectivity index (χ2n) is 4.81. The van der Waals surface area contributed by atoms with Crippen LogP contribution in [0.1, 0.15) is 18.4 Å². The van der Waals surface area contributed by atoms with Gasteiger partial charge in [0.1, 0.15) is 5.82 Å². The second kappa shape index (κ2) is 3.63. The number of hydrogen-bond donors (Lipinski definition) is 3. The van der Waals surface area contributed by atoms with Crippen molar-refractivity contribution in [2.75, 3.05) is 5.73 Å². The molecule has 0 amide bonds. The van der Waals surface area contributed by atoms with Gasteiger partial charge in [0.25, 0.3) is 0 Å². The Morgan fingerprint density at radius 3 is 2.33 bits per heavy atom. The Labute approximate surface area is 104 Å². The van der Waals surface area contributed by atoms with Gasteiger partial charge in [0.2, 0.25) is 0 Å². The molecule has 1 fully saturated rings. The molecule has 0 atom stereocenters. The third kappa shape index (κ3) is 1.57. The topological polar surface area (TPSA) is 79.1 Å². The van der Waals surface area contributed by atoms with E-state index in [9.17, 15) is 9.90 Å². The van der Waals surface area contributed by atoms with Crippen molar-refractivity contribution < 1.29 is 9.90 Å².